The lowest BCUT2D eigenvalue weighted by atomic mass is 9.96. The molecular formula is C15H18ClNO3S. The second kappa shape index (κ2) is 7.18. The molecule has 1 fully saturated rings. The molecule has 0 unspecified atom stereocenters. The van der Waals surface area contributed by atoms with Crippen LogP contribution in [0, 0.1) is 5.92 Å². The summed E-state index contributed by atoms with van der Waals surface area (Å²) >= 11 is 7.71. The average molecular weight is 328 g/mol. The van der Waals surface area contributed by atoms with Crippen LogP contribution in [0.3, 0.4) is 0 Å². The number of hydrogen-bond donors (Lipinski definition) is 0. The maximum Gasteiger partial charge on any atom is 0.308 e. The van der Waals surface area contributed by atoms with E-state index in [2.05, 4.69) is 0 Å². The highest BCUT2D eigenvalue weighted by molar-refractivity contribution is 7.98. The van der Waals surface area contributed by atoms with Crippen LogP contribution in [0.25, 0.3) is 0 Å². The van der Waals surface area contributed by atoms with Crippen LogP contribution in [-0.4, -0.2) is 43.2 Å². The van der Waals surface area contributed by atoms with Crippen LogP contribution in [0.2, 0.25) is 5.02 Å². The predicted octanol–water partition coefficient (Wildman–Crippen LogP) is 3.09. The van der Waals surface area contributed by atoms with Gasteiger partial charge in [-0.1, -0.05) is 11.6 Å². The monoisotopic (exact) mass is 327 g/mol. The van der Waals surface area contributed by atoms with Gasteiger partial charge in [0.25, 0.3) is 5.91 Å². The van der Waals surface area contributed by atoms with Crippen molar-refractivity contribution in [2.24, 2.45) is 5.92 Å². The number of thioether (sulfide) groups is 1. The van der Waals surface area contributed by atoms with Gasteiger partial charge in [-0.05, 0) is 37.3 Å². The van der Waals surface area contributed by atoms with Crippen molar-refractivity contribution in [3.8, 4) is 0 Å². The summed E-state index contributed by atoms with van der Waals surface area (Å²) in [5.41, 5.74) is 0.528. The van der Waals surface area contributed by atoms with Crippen molar-refractivity contribution >= 4 is 35.2 Å². The molecule has 0 radical (unpaired) electrons. The van der Waals surface area contributed by atoms with E-state index < -0.39 is 0 Å². The van der Waals surface area contributed by atoms with Gasteiger partial charge in [0, 0.05) is 18.0 Å². The minimum atomic E-state index is -0.190. The molecule has 1 aromatic carbocycles. The first-order valence-electron chi connectivity index (χ1n) is 6.77. The first kappa shape index (κ1) is 16.2. The highest BCUT2D eigenvalue weighted by Gasteiger charge is 2.29. The van der Waals surface area contributed by atoms with Gasteiger partial charge in [-0.2, -0.15) is 0 Å². The molecule has 1 aromatic rings. The van der Waals surface area contributed by atoms with E-state index >= 15 is 0 Å². The lowest BCUT2D eigenvalue weighted by Crippen LogP contribution is -2.40. The van der Waals surface area contributed by atoms with Gasteiger partial charge in [0.2, 0.25) is 0 Å². The van der Waals surface area contributed by atoms with Crippen molar-refractivity contribution in [1.82, 2.24) is 4.90 Å². The molecule has 1 heterocycles. The van der Waals surface area contributed by atoms with Gasteiger partial charge in [-0.25, -0.2) is 0 Å². The van der Waals surface area contributed by atoms with E-state index in [1.54, 1.807) is 22.7 Å². The summed E-state index contributed by atoms with van der Waals surface area (Å²) in [5, 5.41) is 0.466. The number of carbonyl (C=O) groups is 2. The Labute approximate surface area is 133 Å². The third kappa shape index (κ3) is 3.71. The number of carbonyl (C=O) groups excluding carboxylic acids is 2. The van der Waals surface area contributed by atoms with Crippen LogP contribution in [0.1, 0.15) is 23.2 Å². The molecule has 2 rings (SSSR count). The number of amides is 1. The Morgan fingerprint density at radius 2 is 2.00 bits per heavy atom. The third-order valence-corrected chi connectivity index (χ3v) is 4.78. The number of likely N-dealkylation sites (tertiary alicyclic amines) is 1. The summed E-state index contributed by atoms with van der Waals surface area (Å²) in [6.07, 6.45) is 3.23. The number of methoxy groups -OCH3 is 1. The fraction of sp³-hybridized carbons (Fsp3) is 0.467. The topological polar surface area (TPSA) is 46.6 Å². The molecule has 0 bridgehead atoms. The Balaban J connectivity index is 2.07. The van der Waals surface area contributed by atoms with E-state index in [0.717, 1.165) is 4.90 Å². The maximum atomic E-state index is 12.6. The summed E-state index contributed by atoms with van der Waals surface area (Å²) in [5.74, 6) is -0.365. The van der Waals surface area contributed by atoms with Crippen LogP contribution in [-0.2, 0) is 9.53 Å². The van der Waals surface area contributed by atoms with Gasteiger partial charge in [-0.3, -0.25) is 9.59 Å². The largest absolute Gasteiger partial charge is 0.469 e. The number of piperidine rings is 1. The van der Waals surface area contributed by atoms with Gasteiger partial charge in [0.1, 0.15) is 0 Å². The Bertz CT molecular complexity index is 542. The van der Waals surface area contributed by atoms with Crippen molar-refractivity contribution in [1.29, 1.82) is 0 Å². The Kier molecular flexibility index (Phi) is 5.53. The van der Waals surface area contributed by atoms with Gasteiger partial charge < -0.3 is 9.64 Å². The molecule has 1 amide bonds. The lowest BCUT2D eigenvalue weighted by molar-refractivity contribution is -0.146. The van der Waals surface area contributed by atoms with Gasteiger partial charge in [-0.15, -0.1) is 11.8 Å². The molecule has 4 nitrogen and oxygen atoms in total. The molecule has 0 N–H and O–H groups in total. The molecule has 6 heteroatoms. The zero-order valence-corrected chi connectivity index (χ0v) is 13.7. The predicted molar refractivity (Wildman–Crippen MR) is 83.9 cm³/mol. The van der Waals surface area contributed by atoms with Gasteiger partial charge in [0.15, 0.2) is 0 Å². The molecular weight excluding hydrogens is 310 g/mol. The van der Waals surface area contributed by atoms with Crippen LogP contribution in [0.4, 0.5) is 0 Å². The highest BCUT2D eigenvalue weighted by atomic mass is 35.5. The molecule has 114 valence electrons. The number of halogens is 1. The van der Waals surface area contributed by atoms with Crippen LogP contribution in [0.15, 0.2) is 23.1 Å². The first-order chi connectivity index (χ1) is 10.1. The number of benzene rings is 1. The zero-order valence-electron chi connectivity index (χ0n) is 12.1. The Morgan fingerprint density at radius 3 is 2.57 bits per heavy atom. The van der Waals surface area contributed by atoms with E-state index in [-0.39, 0.29) is 17.8 Å². The summed E-state index contributed by atoms with van der Waals surface area (Å²) in [6, 6.07) is 5.47. The van der Waals surface area contributed by atoms with E-state index in [4.69, 9.17) is 16.3 Å². The Morgan fingerprint density at radius 1 is 1.33 bits per heavy atom. The number of rotatable bonds is 3. The minimum absolute atomic E-state index is 0.0702. The van der Waals surface area contributed by atoms with Crippen molar-refractivity contribution in [3.05, 3.63) is 28.8 Å². The maximum absolute atomic E-state index is 12.6. The van der Waals surface area contributed by atoms with Gasteiger partial charge in [0.05, 0.1) is 23.6 Å². The molecule has 0 saturated carbocycles. The smallest absolute Gasteiger partial charge is 0.308 e. The molecule has 0 aromatic heterocycles. The zero-order chi connectivity index (χ0) is 15.4. The second-order valence-corrected chi connectivity index (χ2v) is 6.22. The van der Waals surface area contributed by atoms with E-state index in [1.165, 1.54) is 7.11 Å². The van der Waals surface area contributed by atoms with Gasteiger partial charge >= 0.3 is 5.97 Å². The van der Waals surface area contributed by atoms with E-state index in [0.29, 0.717) is 36.5 Å². The third-order valence-electron chi connectivity index (χ3n) is 3.72. The van der Waals surface area contributed by atoms with Crippen LogP contribution >= 0.6 is 23.4 Å². The number of hydrogen-bond acceptors (Lipinski definition) is 4. The Hall–Kier alpha value is -1.20. The standard InChI is InChI=1S/C15H18ClNO3S/c1-20-15(19)10-5-7-17(8-6-10)14(18)12-9-11(21-2)3-4-13(12)16/h3-4,9-10H,5-8H2,1-2H3. The van der Waals surface area contributed by atoms with Crippen molar-refractivity contribution in [3.63, 3.8) is 0 Å². The number of nitrogens with zero attached hydrogens (tertiary/aromatic N) is 1. The summed E-state index contributed by atoms with van der Waals surface area (Å²) < 4.78 is 4.75. The molecule has 1 aliphatic rings. The molecule has 0 atom stereocenters. The number of ether oxygens (including phenoxy) is 1. The van der Waals surface area contributed by atoms with Crippen molar-refractivity contribution in [2.45, 2.75) is 17.7 Å². The van der Waals surface area contributed by atoms with Crippen LogP contribution in [0.5, 0.6) is 0 Å². The molecule has 21 heavy (non-hydrogen) atoms. The number of esters is 1. The molecule has 1 saturated heterocycles. The SMILES string of the molecule is COC(=O)C1CCN(C(=O)c2cc(SC)ccc2Cl)CC1. The fourth-order valence-electron chi connectivity index (χ4n) is 2.45. The second-order valence-electron chi connectivity index (χ2n) is 4.94. The lowest BCUT2D eigenvalue weighted by Gasteiger charge is -2.31. The van der Waals surface area contributed by atoms with Crippen molar-refractivity contribution < 1.29 is 14.3 Å². The minimum Gasteiger partial charge on any atom is -0.469 e. The van der Waals surface area contributed by atoms with E-state index in [1.807, 2.05) is 18.4 Å². The van der Waals surface area contributed by atoms with E-state index in [9.17, 15) is 9.59 Å². The normalized spacial score (nSPS) is 15.9. The summed E-state index contributed by atoms with van der Waals surface area (Å²) in [7, 11) is 1.40. The summed E-state index contributed by atoms with van der Waals surface area (Å²) in [4.78, 5) is 26.8. The molecule has 1 aliphatic heterocycles. The molecule has 0 spiro atoms. The molecule has 0 aliphatic carbocycles. The fourth-order valence-corrected chi connectivity index (χ4v) is 3.09. The van der Waals surface area contributed by atoms with Crippen LogP contribution < -0.4 is 0 Å². The van der Waals surface area contributed by atoms with Crippen molar-refractivity contribution in [2.75, 3.05) is 26.5 Å². The summed E-state index contributed by atoms with van der Waals surface area (Å²) in [6.45, 7) is 1.11. The first-order valence-corrected chi connectivity index (χ1v) is 8.37. The highest BCUT2D eigenvalue weighted by Crippen LogP contribution is 2.26. The average Bonchev–Trinajstić information content (AvgIpc) is 2.54. The quantitative estimate of drug-likeness (QED) is 0.632.